The molecule has 0 aliphatic heterocycles. The highest BCUT2D eigenvalue weighted by molar-refractivity contribution is 5.75. The van der Waals surface area contributed by atoms with E-state index in [0.717, 1.165) is 12.8 Å². The minimum absolute atomic E-state index is 0.183. The Morgan fingerprint density at radius 3 is 1.79 bits per heavy atom. The van der Waals surface area contributed by atoms with Crippen molar-refractivity contribution in [3.63, 3.8) is 0 Å². The van der Waals surface area contributed by atoms with Gasteiger partial charge in [-0.05, 0) is 19.8 Å². The van der Waals surface area contributed by atoms with Crippen molar-refractivity contribution in [3.05, 3.63) is 0 Å². The molecule has 2 nitrogen and oxygen atoms in total. The van der Waals surface area contributed by atoms with Gasteiger partial charge < -0.3 is 9.90 Å². The fourth-order valence-corrected chi connectivity index (χ4v) is 2.38. The highest BCUT2D eigenvalue weighted by Gasteiger charge is 2.05. The Kier molecular flexibility index (Phi) is 13.8. The third kappa shape index (κ3) is 15.6. The zero-order chi connectivity index (χ0) is 14.3. The average molecular weight is 270 g/mol. The van der Waals surface area contributed by atoms with Gasteiger partial charge in [0.1, 0.15) is 5.78 Å². The molecule has 0 heterocycles. The molecule has 114 valence electrons. The maximum atomic E-state index is 10.8. The molecule has 0 aliphatic carbocycles. The lowest BCUT2D eigenvalue weighted by Crippen LogP contribution is -2.08. The quantitative estimate of drug-likeness (QED) is 0.450. The molecule has 0 aliphatic rings. The normalized spacial score (nSPS) is 12.6. The van der Waals surface area contributed by atoms with Gasteiger partial charge >= 0.3 is 0 Å². The molecule has 0 aromatic heterocycles. The van der Waals surface area contributed by atoms with Crippen LogP contribution in [0.4, 0.5) is 0 Å². The molecule has 0 saturated heterocycles. The maximum absolute atomic E-state index is 10.8. The lowest BCUT2D eigenvalue weighted by Gasteiger charge is -2.09. The number of unbranched alkanes of at least 4 members (excludes halogenated alkanes) is 9. The second-order valence-corrected chi connectivity index (χ2v) is 5.87. The highest BCUT2D eigenvalue weighted by Crippen LogP contribution is 2.13. The molecule has 1 N–H and O–H groups in total. The summed E-state index contributed by atoms with van der Waals surface area (Å²) in [6, 6.07) is 0. The van der Waals surface area contributed by atoms with Gasteiger partial charge in [0.25, 0.3) is 0 Å². The summed E-state index contributed by atoms with van der Waals surface area (Å²) in [7, 11) is 0. The molecule has 0 aromatic carbocycles. The van der Waals surface area contributed by atoms with Gasteiger partial charge in [-0.1, -0.05) is 71.1 Å². The summed E-state index contributed by atoms with van der Waals surface area (Å²) >= 11 is 0. The van der Waals surface area contributed by atoms with Crippen LogP contribution in [0.2, 0.25) is 0 Å². The minimum atomic E-state index is -0.266. The molecule has 0 radical (unpaired) electrons. The zero-order valence-electron chi connectivity index (χ0n) is 13.1. The van der Waals surface area contributed by atoms with Crippen LogP contribution < -0.4 is 0 Å². The van der Waals surface area contributed by atoms with E-state index >= 15 is 0 Å². The summed E-state index contributed by atoms with van der Waals surface area (Å²) in [6.45, 7) is 3.85. The number of hydrogen-bond donors (Lipinski definition) is 1. The van der Waals surface area contributed by atoms with E-state index in [2.05, 4.69) is 6.92 Å². The Balaban J connectivity index is 3.11. The maximum Gasteiger partial charge on any atom is 0.129 e. The zero-order valence-corrected chi connectivity index (χ0v) is 13.1. The summed E-state index contributed by atoms with van der Waals surface area (Å²) in [5, 5.41) is 9.67. The van der Waals surface area contributed by atoms with E-state index < -0.39 is 0 Å². The number of rotatable bonds is 14. The number of carbonyl (C=O) groups is 1. The second-order valence-electron chi connectivity index (χ2n) is 5.87. The van der Waals surface area contributed by atoms with E-state index in [1.165, 1.54) is 57.8 Å². The first kappa shape index (κ1) is 18.6. The topological polar surface area (TPSA) is 37.3 Å². The van der Waals surface area contributed by atoms with E-state index in [0.29, 0.717) is 12.8 Å². The van der Waals surface area contributed by atoms with E-state index in [-0.39, 0.29) is 11.9 Å². The monoisotopic (exact) mass is 270 g/mol. The van der Waals surface area contributed by atoms with Gasteiger partial charge in [-0.25, -0.2) is 0 Å². The van der Waals surface area contributed by atoms with Gasteiger partial charge in [0.15, 0.2) is 0 Å². The molecule has 1 unspecified atom stereocenters. The van der Waals surface area contributed by atoms with Gasteiger partial charge in [-0.3, -0.25) is 0 Å². The smallest absolute Gasteiger partial charge is 0.129 e. The van der Waals surface area contributed by atoms with Crippen LogP contribution in [0.3, 0.4) is 0 Å². The third-order valence-corrected chi connectivity index (χ3v) is 3.72. The van der Waals surface area contributed by atoms with Gasteiger partial charge in [0.05, 0.1) is 6.10 Å². The first-order valence-corrected chi connectivity index (χ1v) is 8.34. The summed E-state index contributed by atoms with van der Waals surface area (Å²) < 4.78 is 0. The Morgan fingerprint density at radius 2 is 1.32 bits per heavy atom. The van der Waals surface area contributed by atoms with Crippen LogP contribution in [0.5, 0.6) is 0 Å². The fraction of sp³-hybridized carbons (Fsp3) is 0.941. The Labute approximate surface area is 120 Å². The summed E-state index contributed by atoms with van der Waals surface area (Å²) in [5.41, 5.74) is 0. The van der Waals surface area contributed by atoms with Crippen LogP contribution in [-0.2, 0) is 4.79 Å². The lowest BCUT2D eigenvalue weighted by atomic mass is 10.0. The van der Waals surface area contributed by atoms with E-state index in [9.17, 15) is 9.90 Å². The van der Waals surface area contributed by atoms with E-state index in [4.69, 9.17) is 0 Å². The molecular weight excluding hydrogens is 236 g/mol. The van der Waals surface area contributed by atoms with Crippen LogP contribution in [0.25, 0.3) is 0 Å². The van der Waals surface area contributed by atoms with Gasteiger partial charge in [0, 0.05) is 6.42 Å². The summed E-state index contributed by atoms with van der Waals surface area (Å²) in [6.07, 6.45) is 15.0. The first-order chi connectivity index (χ1) is 9.16. The molecule has 1 atom stereocenters. The minimum Gasteiger partial charge on any atom is -0.393 e. The largest absolute Gasteiger partial charge is 0.393 e. The van der Waals surface area contributed by atoms with Crippen molar-refractivity contribution in [2.45, 2.75) is 103 Å². The average Bonchev–Trinajstić information content (AvgIpc) is 2.38. The predicted octanol–water partition coefficient (Wildman–Crippen LogP) is 5.03. The molecular formula is C17H34O2. The molecule has 0 amide bonds. The van der Waals surface area contributed by atoms with E-state index in [1.807, 2.05) is 0 Å². The van der Waals surface area contributed by atoms with Crippen LogP contribution in [0, 0.1) is 0 Å². The van der Waals surface area contributed by atoms with Gasteiger partial charge in [0.2, 0.25) is 0 Å². The molecule has 0 fully saturated rings. The Hall–Kier alpha value is -0.370. The number of aliphatic hydroxyl groups is 1. The number of hydrogen-bond acceptors (Lipinski definition) is 2. The third-order valence-electron chi connectivity index (χ3n) is 3.72. The fourth-order valence-electron chi connectivity index (χ4n) is 2.38. The van der Waals surface area contributed by atoms with Crippen LogP contribution >= 0.6 is 0 Å². The lowest BCUT2D eigenvalue weighted by molar-refractivity contribution is -0.117. The van der Waals surface area contributed by atoms with Gasteiger partial charge in [-0.2, -0.15) is 0 Å². The van der Waals surface area contributed by atoms with E-state index in [1.54, 1.807) is 6.92 Å². The van der Waals surface area contributed by atoms with Crippen LogP contribution in [0.15, 0.2) is 0 Å². The molecule has 0 bridgehead atoms. The number of Topliss-reactive ketones (excluding diaryl/α,β-unsaturated/α-hetero) is 1. The highest BCUT2D eigenvalue weighted by atomic mass is 16.3. The van der Waals surface area contributed by atoms with Crippen molar-refractivity contribution < 1.29 is 9.90 Å². The number of ketones is 1. The number of aliphatic hydroxyl groups excluding tert-OH is 1. The van der Waals surface area contributed by atoms with Crippen LogP contribution in [-0.4, -0.2) is 17.0 Å². The molecule has 0 saturated carbocycles. The molecule has 0 aromatic rings. The van der Waals surface area contributed by atoms with Crippen LogP contribution in [0.1, 0.15) is 97.3 Å². The van der Waals surface area contributed by atoms with Crippen molar-refractivity contribution >= 4 is 5.78 Å². The SMILES string of the molecule is CCCCCCCCCCCCC(O)CCC(C)=O. The van der Waals surface area contributed by atoms with Crippen molar-refractivity contribution in [1.82, 2.24) is 0 Å². The Bertz CT molecular complexity index is 201. The van der Waals surface area contributed by atoms with Crippen molar-refractivity contribution in [1.29, 1.82) is 0 Å². The summed E-state index contributed by atoms with van der Waals surface area (Å²) in [5.74, 6) is 0.183. The molecule has 2 heteroatoms. The van der Waals surface area contributed by atoms with Crippen molar-refractivity contribution in [2.75, 3.05) is 0 Å². The molecule has 0 spiro atoms. The summed E-state index contributed by atoms with van der Waals surface area (Å²) in [4.78, 5) is 10.8. The first-order valence-electron chi connectivity index (χ1n) is 8.34. The standard InChI is InChI=1S/C17H34O2/c1-3-4-5-6-7-8-9-10-11-12-13-17(19)15-14-16(2)18/h17,19H,3-15H2,1-2H3. The molecule has 0 rings (SSSR count). The van der Waals surface area contributed by atoms with Crippen molar-refractivity contribution in [2.24, 2.45) is 0 Å². The van der Waals surface area contributed by atoms with Crippen molar-refractivity contribution in [3.8, 4) is 0 Å². The number of carbonyl (C=O) groups excluding carboxylic acids is 1. The Morgan fingerprint density at radius 1 is 0.842 bits per heavy atom. The van der Waals surface area contributed by atoms with Gasteiger partial charge in [-0.15, -0.1) is 0 Å². The predicted molar refractivity (Wildman–Crippen MR) is 82.4 cm³/mol. The molecule has 19 heavy (non-hydrogen) atoms. The second kappa shape index (κ2) is 14.0.